The first kappa shape index (κ1) is 18.3. The Hall–Kier alpha value is -3.03. The molecule has 2 aromatic carbocycles. The third kappa shape index (κ3) is 3.95. The van der Waals surface area contributed by atoms with Gasteiger partial charge in [-0.25, -0.2) is 4.39 Å². The molecule has 3 aromatic rings. The van der Waals surface area contributed by atoms with Crippen LogP contribution in [0.3, 0.4) is 0 Å². The summed E-state index contributed by atoms with van der Waals surface area (Å²) in [5.41, 5.74) is 2.45. The molecule has 28 heavy (non-hydrogen) atoms. The Bertz CT molecular complexity index is 1100. The van der Waals surface area contributed by atoms with Gasteiger partial charge < -0.3 is 10.4 Å². The maximum atomic E-state index is 13.1. The lowest BCUT2D eigenvalue weighted by Crippen LogP contribution is -2.21. The molecule has 4 rings (SSSR count). The average Bonchev–Trinajstić information content (AvgIpc) is 3.05. The van der Waals surface area contributed by atoms with Crippen molar-refractivity contribution in [3.8, 4) is 0 Å². The number of nitrogens with zero attached hydrogens (tertiary/aromatic N) is 2. The SMILES string of the molecule is O=C1NC(=NC(CO)c2ccc(F)cc2)SC1=Cc1ccc2ncccc2c1. The Kier molecular flexibility index (Phi) is 5.18. The third-order valence-corrected chi connectivity index (χ3v) is 5.20. The number of aliphatic hydroxyl groups excluding tert-OH is 1. The van der Waals surface area contributed by atoms with Gasteiger partial charge in [-0.15, -0.1) is 0 Å². The molecule has 1 fully saturated rings. The summed E-state index contributed by atoms with van der Waals surface area (Å²) < 4.78 is 13.1. The zero-order chi connectivity index (χ0) is 19.5. The molecule has 1 aliphatic rings. The highest BCUT2D eigenvalue weighted by Crippen LogP contribution is 2.29. The van der Waals surface area contributed by atoms with Gasteiger partial charge in [0.2, 0.25) is 0 Å². The second kappa shape index (κ2) is 7.92. The fraction of sp³-hybridized carbons (Fsp3) is 0.0952. The lowest BCUT2D eigenvalue weighted by atomic mass is 10.1. The first-order valence-electron chi connectivity index (χ1n) is 8.62. The number of carbonyl (C=O) groups is 1. The van der Waals surface area contributed by atoms with E-state index < -0.39 is 6.04 Å². The van der Waals surface area contributed by atoms with Gasteiger partial charge in [0.25, 0.3) is 5.91 Å². The predicted octanol–water partition coefficient (Wildman–Crippen LogP) is 3.67. The van der Waals surface area contributed by atoms with Crippen molar-refractivity contribution in [3.05, 3.63) is 82.6 Å². The van der Waals surface area contributed by atoms with Crippen LogP contribution >= 0.6 is 11.8 Å². The molecule has 0 saturated carbocycles. The van der Waals surface area contributed by atoms with E-state index in [1.54, 1.807) is 24.4 Å². The first-order valence-corrected chi connectivity index (χ1v) is 9.44. The minimum absolute atomic E-state index is 0.245. The standard InChI is InChI=1S/C21H16FN3O2S/c22-16-6-4-14(5-7-16)18(12-26)24-21-25-20(27)19(28-21)11-13-3-8-17-15(10-13)2-1-9-23-17/h1-11,18,26H,12H2,(H,24,25,27). The number of amides is 1. The van der Waals surface area contributed by atoms with Crippen LogP contribution in [0.4, 0.5) is 4.39 Å². The van der Waals surface area contributed by atoms with E-state index in [4.69, 9.17) is 0 Å². The fourth-order valence-electron chi connectivity index (χ4n) is 2.87. The summed E-state index contributed by atoms with van der Waals surface area (Å²) in [5.74, 6) is -0.599. The van der Waals surface area contributed by atoms with Gasteiger partial charge in [-0.2, -0.15) is 0 Å². The molecule has 2 heterocycles. The summed E-state index contributed by atoms with van der Waals surface area (Å²) >= 11 is 1.21. The van der Waals surface area contributed by atoms with E-state index in [0.29, 0.717) is 15.6 Å². The molecule has 1 amide bonds. The number of hydrogen-bond acceptors (Lipinski definition) is 5. The Morgan fingerprint density at radius 3 is 2.82 bits per heavy atom. The van der Waals surface area contributed by atoms with Gasteiger partial charge >= 0.3 is 0 Å². The molecule has 0 bridgehead atoms. The first-order chi connectivity index (χ1) is 13.6. The predicted molar refractivity (Wildman–Crippen MR) is 109 cm³/mol. The van der Waals surface area contributed by atoms with E-state index in [1.807, 2.05) is 30.3 Å². The number of hydrogen-bond donors (Lipinski definition) is 2. The van der Waals surface area contributed by atoms with Gasteiger partial charge in [0.15, 0.2) is 5.17 Å². The summed E-state index contributed by atoms with van der Waals surface area (Å²) in [6.07, 6.45) is 3.53. The summed E-state index contributed by atoms with van der Waals surface area (Å²) in [6.45, 7) is -0.248. The largest absolute Gasteiger partial charge is 0.394 e. The fourth-order valence-corrected chi connectivity index (χ4v) is 3.74. The van der Waals surface area contributed by atoms with E-state index in [-0.39, 0.29) is 18.3 Å². The Labute approximate surface area is 165 Å². The van der Waals surface area contributed by atoms with Gasteiger partial charge in [0.05, 0.1) is 17.0 Å². The van der Waals surface area contributed by atoms with Gasteiger partial charge in [0, 0.05) is 11.6 Å². The number of rotatable bonds is 4. The van der Waals surface area contributed by atoms with Crippen LogP contribution in [0.5, 0.6) is 0 Å². The van der Waals surface area contributed by atoms with Crippen LogP contribution in [-0.2, 0) is 4.79 Å². The van der Waals surface area contributed by atoms with E-state index in [9.17, 15) is 14.3 Å². The highest BCUT2D eigenvalue weighted by atomic mass is 32.2. The molecule has 7 heteroatoms. The molecule has 5 nitrogen and oxygen atoms in total. The van der Waals surface area contributed by atoms with Crippen LogP contribution in [-0.4, -0.2) is 27.8 Å². The van der Waals surface area contributed by atoms with E-state index in [0.717, 1.165) is 16.5 Å². The lowest BCUT2D eigenvalue weighted by Gasteiger charge is -2.10. The zero-order valence-corrected chi connectivity index (χ0v) is 15.5. The number of thioether (sulfide) groups is 1. The minimum atomic E-state index is -0.575. The molecular weight excluding hydrogens is 377 g/mol. The van der Waals surface area contributed by atoms with Crippen molar-refractivity contribution in [2.75, 3.05) is 6.61 Å². The second-order valence-electron chi connectivity index (χ2n) is 6.20. The van der Waals surface area contributed by atoms with Crippen LogP contribution < -0.4 is 5.32 Å². The van der Waals surface area contributed by atoms with Crippen LogP contribution in [0.15, 0.2) is 70.7 Å². The second-order valence-corrected chi connectivity index (χ2v) is 7.24. The van der Waals surface area contributed by atoms with Crippen molar-refractivity contribution < 1.29 is 14.3 Å². The summed E-state index contributed by atoms with van der Waals surface area (Å²) in [4.78, 5) is 21.5. The number of carbonyl (C=O) groups excluding carboxylic acids is 1. The minimum Gasteiger partial charge on any atom is -0.394 e. The quantitative estimate of drug-likeness (QED) is 0.664. The van der Waals surface area contributed by atoms with Crippen molar-refractivity contribution >= 4 is 39.8 Å². The molecule has 1 atom stereocenters. The van der Waals surface area contributed by atoms with Gasteiger partial charge in [0.1, 0.15) is 11.9 Å². The summed E-state index contributed by atoms with van der Waals surface area (Å²) in [6, 6.07) is 14.8. The third-order valence-electron chi connectivity index (χ3n) is 4.28. The van der Waals surface area contributed by atoms with Crippen molar-refractivity contribution in [3.63, 3.8) is 0 Å². The number of halogens is 1. The molecule has 0 spiro atoms. The van der Waals surface area contributed by atoms with Crippen LogP contribution in [0.25, 0.3) is 17.0 Å². The van der Waals surface area contributed by atoms with Crippen LogP contribution in [0, 0.1) is 5.82 Å². The smallest absolute Gasteiger partial charge is 0.264 e. The maximum Gasteiger partial charge on any atom is 0.264 e. The van der Waals surface area contributed by atoms with Crippen molar-refractivity contribution in [1.29, 1.82) is 0 Å². The topological polar surface area (TPSA) is 74.6 Å². The van der Waals surface area contributed by atoms with Gasteiger partial charge in [-0.1, -0.05) is 24.3 Å². The number of amidine groups is 1. The van der Waals surface area contributed by atoms with Crippen LogP contribution in [0.2, 0.25) is 0 Å². The maximum absolute atomic E-state index is 13.1. The number of fused-ring (bicyclic) bond motifs is 1. The summed E-state index contributed by atoms with van der Waals surface area (Å²) in [5, 5.41) is 13.7. The number of aliphatic hydroxyl groups is 1. The zero-order valence-electron chi connectivity index (χ0n) is 14.7. The number of aliphatic imine (C=N–C) groups is 1. The molecule has 1 unspecified atom stereocenters. The Balaban J connectivity index is 1.57. The van der Waals surface area contributed by atoms with Crippen molar-refractivity contribution in [1.82, 2.24) is 10.3 Å². The normalized spacial score (nSPS) is 18.0. The number of pyridine rings is 1. The molecule has 0 radical (unpaired) electrons. The van der Waals surface area contributed by atoms with Gasteiger partial charge in [-0.05, 0) is 59.3 Å². The average molecular weight is 393 g/mol. The van der Waals surface area contributed by atoms with E-state index in [2.05, 4.69) is 15.3 Å². The molecule has 1 aromatic heterocycles. The Morgan fingerprint density at radius 1 is 1.21 bits per heavy atom. The Morgan fingerprint density at radius 2 is 2.04 bits per heavy atom. The number of aromatic nitrogens is 1. The highest BCUT2D eigenvalue weighted by Gasteiger charge is 2.25. The molecule has 1 aliphatic heterocycles. The van der Waals surface area contributed by atoms with Crippen molar-refractivity contribution in [2.45, 2.75) is 6.04 Å². The number of benzene rings is 2. The van der Waals surface area contributed by atoms with E-state index >= 15 is 0 Å². The van der Waals surface area contributed by atoms with Gasteiger partial charge in [-0.3, -0.25) is 14.8 Å². The molecule has 0 aliphatic carbocycles. The van der Waals surface area contributed by atoms with Crippen molar-refractivity contribution in [2.24, 2.45) is 4.99 Å². The molecular formula is C21H16FN3O2S. The molecule has 1 saturated heterocycles. The lowest BCUT2D eigenvalue weighted by molar-refractivity contribution is -0.115. The monoisotopic (exact) mass is 393 g/mol. The van der Waals surface area contributed by atoms with E-state index in [1.165, 1.54) is 23.9 Å². The molecule has 2 N–H and O–H groups in total. The highest BCUT2D eigenvalue weighted by molar-refractivity contribution is 8.18. The van der Waals surface area contributed by atoms with Crippen LogP contribution in [0.1, 0.15) is 17.2 Å². The number of nitrogens with one attached hydrogen (secondary N) is 1. The molecule has 140 valence electrons. The summed E-state index contributed by atoms with van der Waals surface area (Å²) in [7, 11) is 0.